The van der Waals surface area contributed by atoms with E-state index in [0.717, 1.165) is 61.9 Å². The summed E-state index contributed by atoms with van der Waals surface area (Å²) in [6.45, 7) is 15.3. The van der Waals surface area contributed by atoms with E-state index in [1.807, 2.05) is 36.4 Å². The molecular formula is C22H33N5O. The molecule has 6 heteroatoms. The number of carbonyl (C=O) groups excluding carboxylic acids is 1. The quantitative estimate of drug-likeness (QED) is 0.797. The molecule has 1 aliphatic rings. The molecule has 3 rings (SSSR count). The summed E-state index contributed by atoms with van der Waals surface area (Å²) in [5.41, 5.74) is 5.58. The standard InChI is InChI=1S/C22H33N5O/c1-16(14-27-20(5)18(3)19(4)24-27)22(28)26-11-7-10-25(12-13-26)15-21-9-6-8-17(2)23-21/h6,8-9,16H,7,10-15H2,1-5H3/t16-/m0/s1. The predicted molar refractivity (Wildman–Crippen MR) is 111 cm³/mol. The molecule has 1 saturated heterocycles. The number of aryl methyl sites for hydroxylation is 2. The molecule has 2 aromatic rings. The number of nitrogens with zero attached hydrogens (tertiary/aromatic N) is 5. The minimum atomic E-state index is -0.0672. The lowest BCUT2D eigenvalue weighted by atomic mass is 10.1. The van der Waals surface area contributed by atoms with Crippen molar-refractivity contribution in [3.05, 3.63) is 46.5 Å². The van der Waals surface area contributed by atoms with Gasteiger partial charge in [-0.25, -0.2) is 0 Å². The van der Waals surface area contributed by atoms with Gasteiger partial charge in [-0.1, -0.05) is 13.0 Å². The van der Waals surface area contributed by atoms with Gasteiger partial charge in [-0.05, 0) is 51.8 Å². The summed E-state index contributed by atoms with van der Waals surface area (Å²) in [4.78, 5) is 22.1. The van der Waals surface area contributed by atoms with Crippen LogP contribution in [0.1, 0.15) is 41.7 Å². The van der Waals surface area contributed by atoms with Gasteiger partial charge in [0.2, 0.25) is 5.91 Å². The van der Waals surface area contributed by atoms with Crippen LogP contribution in [0.15, 0.2) is 18.2 Å². The molecule has 0 aromatic carbocycles. The first-order valence-corrected chi connectivity index (χ1v) is 10.3. The van der Waals surface area contributed by atoms with Gasteiger partial charge in [0.15, 0.2) is 0 Å². The third kappa shape index (κ3) is 4.79. The van der Waals surface area contributed by atoms with Crippen LogP contribution in [0.3, 0.4) is 0 Å². The van der Waals surface area contributed by atoms with Crippen LogP contribution < -0.4 is 0 Å². The third-order valence-electron chi connectivity index (χ3n) is 5.84. The van der Waals surface area contributed by atoms with E-state index in [2.05, 4.69) is 41.0 Å². The Hall–Kier alpha value is -2.21. The van der Waals surface area contributed by atoms with Crippen molar-refractivity contribution in [1.29, 1.82) is 0 Å². The predicted octanol–water partition coefficient (Wildman–Crippen LogP) is 2.88. The van der Waals surface area contributed by atoms with Crippen LogP contribution in [0.2, 0.25) is 0 Å². The number of amides is 1. The minimum absolute atomic E-state index is 0.0672. The molecule has 0 N–H and O–H groups in total. The van der Waals surface area contributed by atoms with Crippen LogP contribution >= 0.6 is 0 Å². The zero-order valence-corrected chi connectivity index (χ0v) is 17.9. The van der Waals surface area contributed by atoms with Crippen molar-refractivity contribution in [3.63, 3.8) is 0 Å². The fraction of sp³-hybridized carbons (Fsp3) is 0.591. The molecule has 28 heavy (non-hydrogen) atoms. The minimum Gasteiger partial charge on any atom is -0.341 e. The van der Waals surface area contributed by atoms with E-state index in [4.69, 9.17) is 0 Å². The normalized spacial score (nSPS) is 16.8. The van der Waals surface area contributed by atoms with Crippen LogP contribution in [-0.4, -0.2) is 56.7 Å². The van der Waals surface area contributed by atoms with Crippen LogP contribution in [-0.2, 0) is 17.9 Å². The molecule has 1 amide bonds. The molecule has 1 fully saturated rings. The zero-order valence-electron chi connectivity index (χ0n) is 17.9. The average Bonchev–Trinajstić information content (AvgIpc) is 2.84. The first kappa shape index (κ1) is 20.5. The van der Waals surface area contributed by atoms with E-state index in [0.29, 0.717) is 6.54 Å². The van der Waals surface area contributed by atoms with Crippen molar-refractivity contribution in [2.45, 2.75) is 54.1 Å². The molecule has 1 aliphatic heterocycles. The number of rotatable bonds is 5. The molecule has 0 aliphatic carbocycles. The Morgan fingerprint density at radius 3 is 2.57 bits per heavy atom. The highest BCUT2D eigenvalue weighted by atomic mass is 16.2. The lowest BCUT2D eigenvalue weighted by Crippen LogP contribution is -2.39. The van der Waals surface area contributed by atoms with Gasteiger partial charge in [0, 0.05) is 44.1 Å². The molecule has 0 spiro atoms. The molecule has 2 aromatic heterocycles. The van der Waals surface area contributed by atoms with E-state index in [-0.39, 0.29) is 11.8 Å². The second kappa shape index (κ2) is 8.86. The summed E-state index contributed by atoms with van der Waals surface area (Å²) in [6, 6.07) is 6.17. The van der Waals surface area contributed by atoms with Gasteiger partial charge < -0.3 is 4.90 Å². The van der Waals surface area contributed by atoms with Crippen LogP contribution in [0.25, 0.3) is 0 Å². The van der Waals surface area contributed by atoms with Crippen LogP contribution in [0.4, 0.5) is 0 Å². The summed E-state index contributed by atoms with van der Waals surface area (Å²) in [7, 11) is 0. The number of carbonyl (C=O) groups is 1. The number of hydrogen-bond donors (Lipinski definition) is 0. The van der Waals surface area contributed by atoms with Gasteiger partial charge in [-0.3, -0.25) is 19.4 Å². The maximum atomic E-state index is 13.0. The van der Waals surface area contributed by atoms with Crippen LogP contribution in [0, 0.1) is 33.6 Å². The maximum Gasteiger partial charge on any atom is 0.227 e. The van der Waals surface area contributed by atoms with Gasteiger partial charge in [-0.15, -0.1) is 0 Å². The number of hydrogen-bond acceptors (Lipinski definition) is 4. The molecule has 152 valence electrons. The first-order valence-electron chi connectivity index (χ1n) is 10.3. The molecule has 0 radical (unpaired) electrons. The number of aromatic nitrogens is 3. The van der Waals surface area contributed by atoms with E-state index in [9.17, 15) is 4.79 Å². The van der Waals surface area contributed by atoms with Crippen molar-refractivity contribution in [2.75, 3.05) is 26.2 Å². The molecule has 1 atom stereocenters. The molecule has 0 saturated carbocycles. The lowest BCUT2D eigenvalue weighted by molar-refractivity contribution is -0.135. The Balaban J connectivity index is 1.56. The van der Waals surface area contributed by atoms with Crippen LogP contribution in [0.5, 0.6) is 0 Å². The Morgan fingerprint density at radius 2 is 1.89 bits per heavy atom. The van der Waals surface area contributed by atoms with E-state index in [1.54, 1.807) is 0 Å². The van der Waals surface area contributed by atoms with Crippen molar-refractivity contribution in [2.24, 2.45) is 5.92 Å². The van der Waals surface area contributed by atoms with Crippen molar-refractivity contribution in [3.8, 4) is 0 Å². The molecule has 3 heterocycles. The summed E-state index contributed by atoms with van der Waals surface area (Å²) < 4.78 is 1.99. The van der Waals surface area contributed by atoms with Gasteiger partial charge in [0.05, 0.1) is 23.9 Å². The Bertz CT molecular complexity index is 828. The third-order valence-corrected chi connectivity index (χ3v) is 5.84. The van der Waals surface area contributed by atoms with E-state index in [1.165, 1.54) is 5.56 Å². The van der Waals surface area contributed by atoms with Gasteiger partial charge in [0.1, 0.15) is 0 Å². The summed E-state index contributed by atoms with van der Waals surface area (Å²) in [6.07, 6.45) is 1.00. The fourth-order valence-corrected chi connectivity index (χ4v) is 3.88. The highest BCUT2D eigenvalue weighted by Crippen LogP contribution is 2.16. The maximum absolute atomic E-state index is 13.0. The Kier molecular flexibility index (Phi) is 6.50. The van der Waals surface area contributed by atoms with Gasteiger partial charge in [0.25, 0.3) is 0 Å². The van der Waals surface area contributed by atoms with Crippen molar-refractivity contribution >= 4 is 5.91 Å². The van der Waals surface area contributed by atoms with Gasteiger partial charge in [-0.2, -0.15) is 5.10 Å². The summed E-state index contributed by atoms with van der Waals surface area (Å²) in [5.74, 6) is 0.170. The van der Waals surface area contributed by atoms with E-state index >= 15 is 0 Å². The topological polar surface area (TPSA) is 54.3 Å². The summed E-state index contributed by atoms with van der Waals surface area (Å²) >= 11 is 0. The zero-order chi connectivity index (χ0) is 20.3. The Labute approximate surface area is 168 Å². The van der Waals surface area contributed by atoms with Gasteiger partial charge >= 0.3 is 0 Å². The smallest absolute Gasteiger partial charge is 0.227 e. The second-order valence-electron chi connectivity index (χ2n) is 8.10. The highest BCUT2D eigenvalue weighted by Gasteiger charge is 2.24. The molecule has 0 bridgehead atoms. The second-order valence-corrected chi connectivity index (χ2v) is 8.10. The molecule has 6 nitrogen and oxygen atoms in total. The van der Waals surface area contributed by atoms with E-state index < -0.39 is 0 Å². The highest BCUT2D eigenvalue weighted by molar-refractivity contribution is 5.78. The van der Waals surface area contributed by atoms with Crippen molar-refractivity contribution in [1.82, 2.24) is 24.6 Å². The summed E-state index contributed by atoms with van der Waals surface area (Å²) in [5, 5.41) is 4.59. The fourth-order valence-electron chi connectivity index (χ4n) is 3.88. The monoisotopic (exact) mass is 383 g/mol. The van der Waals surface area contributed by atoms with Crippen molar-refractivity contribution < 1.29 is 4.79 Å². The SMILES string of the molecule is Cc1cccc(CN2CCCN(C(=O)[C@@H](C)Cn3nc(C)c(C)c3C)CC2)n1. The average molecular weight is 384 g/mol. The lowest BCUT2D eigenvalue weighted by Gasteiger charge is -2.25. The molecular weight excluding hydrogens is 350 g/mol. The first-order chi connectivity index (χ1) is 13.3. The largest absolute Gasteiger partial charge is 0.341 e. The Morgan fingerprint density at radius 1 is 1.11 bits per heavy atom. The molecule has 0 unspecified atom stereocenters. The number of pyridine rings is 1.